The van der Waals surface area contributed by atoms with Gasteiger partial charge in [-0.05, 0) is 165 Å². The van der Waals surface area contributed by atoms with Gasteiger partial charge in [0, 0.05) is 177 Å². The third-order valence-corrected chi connectivity index (χ3v) is 21.1. The number of rotatable bonds is 21. The van der Waals surface area contributed by atoms with Crippen LogP contribution in [-0.4, -0.2) is 102 Å². The van der Waals surface area contributed by atoms with E-state index in [1.54, 1.807) is 61.1 Å². The molecule has 20 rings (SSSR count). The maximum Gasteiger partial charge on any atom is 0.308 e. The summed E-state index contributed by atoms with van der Waals surface area (Å²) < 4.78 is 12.0. The third kappa shape index (κ3) is 22.3. The van der Waals surface area contributed by atoms with Crippen molar-refractivity contribution in [3.8, 4) is 102 Å². The quantitative estimate of drug-likeness (QED) is 0.0488. The third-order valence-electron chi connectivity index (χ3n) is 21.1. The largest absolute Gasteiger partial charge is 0.510 e. The minimum atomic E-state index is 0. The fourth-order valence-corrected chi connectivity index (χ4v) is 15.0. The van der Waals surface area contributed by atoms with Gasteiger partial charge in [0.25, 0.3) is 0 Å². The smallest absolute Gasteiger partial charge is 0.308 e. The zero-order chi connectivity index (χ0) is 89.6. The summed E-state index contributed by atoms with van der Waals surface area (Å²) in [5.41, 5.74) is 10.9. The maximum atomic E-state index is 10.5. The predicted octanol–water partition coefficient (Wildman–Crippen LogP) is 23.2. The van der Waals surface area contributed by atoms with Gasteiger partial charge in [-0.25, -0.2) is 24.8 Å². The van der Waals surface area contributed by atoms with Crippen molar-refractivity contribution < 1.29 is 109 Å². The van der Waals surface area contributed by atoms with Gasteiger partial charge in [0.15, 0.2) is 11.6 Å². The Kier molecular flexibility index (Phi) is 32.6. The average molecular weight is 2490 g/mol. The van der Waals surface area contributed by atoms with Crippen LogP contribution in [0.2, 0.25) is 0 Å². The van der Waals surface area contributed by atoms with Crippen molar-refractivity contribution in [3.05, 3.63) is 396 Å². The number of phenolic OH excluding ortho intramolecular Hbond substituents is 4. The predicted molar refractivity (Wildman–Crippen MR) is 512 cm³/mol. The van der Waals surface area contributed by atoms with Crippen LogP contribution in [0.3, 0.4) is 0 Å². The molecule has 0 atom stereocenters. The van der Waals surface area contributed by atoms with Crippen LogP contribution in [0.4, 0.5) is 69.6 Å². The molecule has 10 aromatic heterocycles. The van der Waals surface area contributed by atoms with E-state index in [1.165, 1.54) is 0 Å². The van der Waals surface area contributed by atoms with Crippen molar-refractivity contribution in [2.24, 2.45) is 27.1 Å². The van der Waals surface area contributed by atoms with Gasteiger partial charge in [0.05, 0.1) is 40.2 Å². The van der Waals surface area contributed by atoms with Crippen molar-refractivity contribution in [1.29, 1.82) is 0 Å². The molecule has 0 saturated carbocycles. The number of oxazole rings is 1. The van der Waals surface area contributed by atoms with E-state index in [4.69, 9.17) is 44.3 Å². The number of aromatic hydroxyl groups is 4. The molecule has 134 heavy (non-hydrogen) atoms. The summed E-state index contributed by atoms with van der Waals surface area (Å²) in [6.07, 6.45) is 16.9. The van der Waals surface area contributed by atoms with Crippen LogP contribution in [0.15, 0.2) is 370 Å². The van der Waals surface area contributed by atoms with Gasteiger partial charge in [-0.1, -0.05) is 129 Å². The van der Waals surface area contributed by atoms with Crippen molar-refractivity contribution in [2.75, 3.05) is 38.1 Å². The van der Waals surface area contributed by atoms with E-state index >= 15 is 0 Å². The van der Waals surface area contributed by atoms with Crippen LogP contribution in [0.25, 0.3) is 90.0 Å². The van der Waals surface area contributed by atoms with Crippen molar-refractivity contribution in [3.63, 3.8) is 0 Å². The molecule has 0 aliphatic carbocycles. The summed E-state index contributed by atoms with van der Waals surface area (Å²) in [5, 5.41) is 43.4. The Morgan fingerprint density at radius 2 is 0.828 bits per heavy atom. The topological polar surface area (TPSA) is 257 Å². The van der Waals surface area contributed by atoms with Crippen molar-refractivity contribution >= 4 is 80.4 Å². The van der Waals surface area contributed by atoms with Crippen molar-refractivity contribution in [2.45, 2.75) is 20.8 Å². The minimum Gasteiger partial charge on any atom is -0.510 e. The number of aromatic nitrogens is 13. The summed E-state index contributed by atoms with van der Waals surface area (Å²) in [7, 11) is 7.79. The van der Waals surface area contributed by atoms with Gasteiger partial charge in [-0.15, -0.1) is 114 Å². The number of aryl methyl sites for hydroxylation is 4. The number of imidazole rings is 3. The molecule has 11 heterocycles. The van der Waals surface area contributed by atoms with Gasteiger partial charge < -0.3 is 53.2 Å². The van der Waals surface area contributed by atoms with Crippen LogP contribution in [0.1, 0.15) is 19.6 Å². The maximum absolute atomic E-state index is 10.5. The molecule has 0 radical (unpaired) electrons. The second-order valence-electron chi connectivity index (χ2n) is 30.8. The first-order valence-electron chi connectivity index (χ1n) is 42.0. The van der Waals surface area contributed by atoms with Crippen LogP contribution in [0, 0.1) is 37.7 Å². The molecule has 0 bridgehead atoms. The number of anilines is 12. The fourth-order valence-electron chi connectivity index (χ4n) is 15.0. The molecule has 28 heteroatoms. The molecule has 19 aromatic rings. The number of benzene rings is 9. The molecule has 0 amide bonds. The van der Waals surface area contributed by atoms with E-state index in [2.05, 4.69) is 46.9 Å². The summed E-state index contributed by atoms with van der Waals surface area (Å²) in [6.45, 7) is 8.95. The van der Waals surface area contributed by atoms with Crippen molar-refractivity contribution in [1.82, 2.24) is 68.4 Å². The monoisotopic (exact) mass is 2490 g/mol. The normalized spacial score (nSPS) is 11.1. The molecule has 0 unspecified atom stereocenters. The molecule has 1 aliphatic heterocycles. The van der Waals surface area contributed by atoms with Gasteiger partial charge in [0.2, 0.25) is 0 Å². The number of pyridine rings is 6. The second kappa shape index (κ2) is 45.1. The Morgan fingerprint density at radius 1 is 0.373 bits per heavy atom. The Balaban J connectivity index is 0.000000150. The summed E-state index contributed by atoms with van der Waals surface area (Å²) in [4.78, 5) is 59.6. The summed E-state index contributed by atoms with van der Waals surface area (Å²) in [5.74, 6) is 9.82. The molecular weight excluding hydrogens is 2400 g/mol. The first-order valence-corrected chi connectivity index (χ1v) is 42.0. The Hall–Kier alpha value is -14.5. The number of para-hydroxylation sites is 5. The molecule has 1 aliphatic rings. The average Bonchev–Trinajstić information content (AvgIpc) is 1.85. The first kappa shape index (κ1) is 97.0. The zero-order valence-corrected chi connectivity index (χ0v) is 82.6. The summed E-state index contributed by atoms with van der Waals surface area (Å²) in [6, 6.07) is 108. The molecule has 0 spiro atoms. The Bertz CT molecular complexity index is 7130. The molecule has 0 fully saturated rings. The standard InChI is InChI=1S/C30H21N4O2.C26H22N5O.C26H20N5O.C24H26N5O.4Pt/c1-20-29(24-12-5-6-15-27(24)35)33-30(36-20)34(26-14-7-11-22-19-31-18-17-23(22)26)28-16-8-13-25(32-28)21-9-3-2-4-10-21;1-29-17-23(27-25(29)19-11-5-3-6-12-19)31(20-13-7-4-8-14-20)24-18-30(2)26(28-24)21-15-9-10-16-22(21)32;1-30-18-25(29-26(30)21-12-5-6-14-23(21)32)31(20-11-8-16-27-17-20)24-15-7-13-22(28-24)19-9-3-2-4-10-19;1-18(2)16-29(24-13-7-11-22(26-24)28-15-14-27(3)17-28)23-12-6-9-20(25-23)19-8-4-5-10-21(19)30;;;;/h2-9,11-19,35H,1H3;3-11,13-18,32H,1-2H3;2-9,11-18,32H,1H3;4-15,17-18,30H,16H2,1-3H3;;;;/q4*-1;;;;. The first-order chi connectivity index (χ1) is 63.5. The van der Waals surface area contributed by atoms with Gasteiger partial charge in [-0.2, -0.15) is 4.98 Å². The number of hydrogen-bond donors (Lipinski definition) is 4. The van der Waals surface area contributed by atoms with E-state index in [0.29, 0.717) is 80.6 Å². The van der Waals surface area contributed by atoms with E-state index in [1.807, 2.05) is 384 Å². The number of phenols is 4. The van der Waals surface area contributed by atoms with E-state index < -0.39 is 0 Å². The molecule has 9 aromatic carbocycles. The van der Waals surface area contributed by atoms with Crippen LogP contribution < -0.4 is 24.5 Å². The summed E-state index contributed by atoms with van der Waals surface area (Å²) >= 11 is 0. The molecule has 24 nitrogen and oxygen atoms in total. The molecule has 4 N–H and O–H groups in total. The van der Waals surface area contributed by atoms with E-state index in [-0.39, 0.29) is 107 Å². The van der Waals surface area contributed by atoms with Gasteiger partial charge >= 0.3 is 6.01 Å². The van der Waals surface area contributed by atoms with Gasteiger partial charge in [-0.3, -0.25) is 34.7 Å². The number of hydrogen-bond acceptors (Lipinski definition) is 21. The van der Waals surface area contributed by atoms with Crippen LogP contribution in [0.5, 0.6) is 23.0 Å². The number of nitrogens with zero attached hydrogens (tertiary/aromatic N) is 19. The zero-order valence-electron chi connectivity index (χ0n) is 73.5. The molecule has 0 saturated heterocycles. The molecule has 682 valence electrons. The Morgan fingerprint density at radius 3 is 1.36 bits per heavy atom. The van der Waals surface area contributed by atoms with Crippen LogP contribution >= 0.6 is 0 Å². The molecular formula is C106H89N19O5Pt4-4. The van der Waals surface area contributed by atoms with Gasteiger partial charge in [0.1, 0.15) is 81.0 Å². The SMILES string of the molecule is CC(C)CN(c1cccc(-c2ccccc2O)n1)c1cccc(N2C=CN(C)[CH-]2)n1.Cc1oc(N(c2cccc(-c3[c-]cccc3)n2)c2cccc3cnccc23)nc1-c1ccccc1O.Cn1cc(N(c2ccccc2)c2cn(C)c(-c3ccccc3O)n2)nc1-c1[c-]cccc1.Cn1cc(N(c2cccnc2)c2cccc(-c3[c-]cccc3)n2)nc1-c1ccccc1O.[Pt].[Pt].[Pt].[Pt]. The minimum absolute atomic E-state index is 0. The number of fused-ring (bicyclic) bond motifs is 1. The van der Waals surface area contributed by atoms with E-state index in [0.717, 1.165) is 97.2 Å². The van der Waals surface area contributed by atoms with E-state index in [9.17, 15) is 20.4 Å². The second-order valence-corrected chi connectivity index (χ2v) is 30.8. The van der Waals surface area contributed by atoms with Crippen LogP contribution in [-0.2, 0) is 105 Å². The fraction of sp³-hybridized carbons (Fsp3) is 0.0849. The Labute approximate surface area is 834 Å².